The van der Waals surface area contributed by atoms with E-state index in [2.05, 4.69) is 15.9 Å². The lowest BCUT2D eigenvalue weighted by molar-refractivity contribution is -0.131. The molecule has 0 saturated heterocycles. The molecule has 0 radical (unpaired) electrons. The van der Waals surface area contributed by atoms with Crippen LogP contribution in [0.2, 0.25) is 0 Å². The zero-order chi connectivity index (χ0) is 16.2. The normalized spacial score (nSPS) is 12.1. The minimum atomic E-state index is -4.29. The number of carbonyl (C=O) groups is 1. The van der Waals surface area contributed by atoms with Crippen molar-refractivity contribution in [2.45, 2.75) is 26.1 Å². The van der Waals surface area contributed by atoms with Crippen LogP contribution >= 0.6 is 15.9 Å². The highest BCUT2D eigenvalue weighted by Gasteiger charge is 2.32. The van der Waals surface area contributed by atoms with E-state index in [0.29, 0.717) is 15.7 Å². The predicted octanol–water partition coefficient (Wildman–Crippen LogP) is 4.32. The first-order valence-electron chi connectivity index (χ1n) is 6.14. The lowest BCUT2D eigenvalue weighted by atomic mass is 10.1. The molecule has 1 aromatic carbocycles. The molecule has 0 heterocycles. The van der Waals surface area contributed by atoms with Crippen molar-refractivity contribution in [1.29, 1.82) is 0 Å². The highest BCUT2D eigenvalue weighted by Crippen LogP contribution is 2.29. The molecule has 0 unspecified atom stereocenters. The summed E-state index contributed by atoms with van der Waals surface area (Å²) < 4.78 is 38.4. The SMILES string of the molecule is CC(C)N(CC(F)(F)F)c1ccc(/C=C/C(=O)O)c(Br)c1. The summed E-state index contributed by atoms with van der Waals surface area (Å²) in [6.45, 7) is 2.32. The van der Waals surface area contributed by atoms with Crippen LogP contribution < -0.4 is 4.90 Å². The van der Waals surface area contributed by atoms with Gasteiger partial charge in [0.05, 0.1) is 0 Å². The molecule has 0 amide bonds. The van der Waals surface area contributed by atoms with Crippen molar-refractivity contribution in [3.8, 4) is 0 Å². The quantitative estimate of drug-likeness (QED) is 0.789. The van der Waals surface area contributed by atoms with Gasteiger partial charge in [-0.25, -0.2) is 4.79 Å². The number of carboxylic acids is 1. The van der Waals surface area contributed by atoms with Gasteiger partial charge < -0.3 is 10.0 Å². The van der Waals surface area contributed by atoms with Crippen LogP contribution in [0.3, 0.4) is 0 Å². The Morgan fingerprint density at radius 3 is 2.48 bits per heavy atom. The van der Waals surface area contributed by atoms with Crippen molar-refractivity contribution < 1.29 is 23.1 Å². The second-order valence-corrected chi connectivity index (χ2v) is 5.57. The summed E-state index contributed by atoms with van der Waals surface area (Å²) in [6, 6.07) is 4.34. The van der Waals surface area contributed by atoms with Crippen LogP contribution in [0, 0.1) is 0 Å². The first-order chi connectivity index (χ1) is 9.60. The van der Waals surface area contributed by atoms with Gasteiger partial charge in [0, 0.05) is 22.3 Å². The Kier molecular flexibility index (Phi) is 5.83. The molecule has 7 heteroatoms. The fourth-order valence-corrected chi connectivity index (χ4v) is 2.25. The van der Waals surface area contributed by atoms with Crippen LogP contribution in [0.25, 0.3) is 6.08 Å². The number of alkyl halides is 3. The third kappa shape index (κ3) is 5.79. The van der Waals surface area contributed by atoms with Gasteiger partial charge >= 0.3 is 12.1 Å². The van der Waals surface area contributed by atoms with E-state index in [0.717, 1.165) is 6.08 Å². The molecular weight excluding hydrogens is 351 g/mol. The maximum absolute atomic E-state index is 12.6. The van der Waals surface area contributed by atoms with Crippen LogP contribution in [-0.4, -0.2) is 29.8 Å². The third-order valence-electron chi connectivity index (χ3n) is 2.69. The first-order valence-corrected chi connectivity index (χ1v) is 6.93. The number of nitrogens with zero attached hydrogens (tertiary/aromatic N) is 1. The van der Waals surface area contributed by atoms with Crippen LogP contribution in [0.15, 0.2) is 28.7 Å². The number of hydrogen-bond donors (Lipinski definition) is 1. The van der Waals surface area contributed by atoms with Gasteiger partial charge in [0.2, 0.25) is 0 Å². The van der Waals surface area contributed by atoms with Crippen molar-refractivity contribution in [2.24, 2.45) is 0 Å². The van der Waals surface area contributed by atoms with Crippen LogP contribution in [0.4, 0.5) is 18.9 Å². The lowest BCUT2D eigenvalue weighted by Crippen LogP contribution is -2.39. The Balaban J connectivity index is 3.07. The first kappa shape index (κ1) is 17.6. The van der Waals surface area contributed by atoms with E-state index >= 15 is 0 Å². The highest BCUT2D eigenvalue weighted by atomic mass is 79.9. The topological polar surface area (TPSA) is 40.5 Å². The number of hydrogen-bond acceptors (Lipinski definition) is 2. The van der Waals surface area contributed by atoms with Gasteiger partial charge in [-0.1, -0.05) is 22.0 Å². The molecule has 3 nitrogen and oxygen atoms in total. The Bertz CT molecular complexity index is 542. The number of anilines is 1. The summed E-state index contributed by atoms with van der Waals surface area (Å²) in [5, 5.41) is 8.57. The average molecular weight is 366 g/mol. The van der Waals surface area contributed by atoms with E-state index in [1.165, 1.54) is 17.0 Å². The summed E-state index contributed by atoms with van der Waals surface area (Å²) >= 11 is 3.24. The maximum atomic E-state index is 12.6. The van der Waals surface area contributed by atoms with Gasteiger partial charge in [-0.2, -0.15) is 13.2 Å². The smallest absolute Gasteiger partial charge is 0.405 e. The molecule has 0 fully saturated rings. The molecule has 0 bridgehead atoms. The predicted molar refractivity (Wildman–Crippen MR) is 79.3 cm³/mol. The standard InChI is InChI=1S/C14H15BrF3NO2/c1-9(2)19(8-14(16,17)18)11-5-3-10(12(15)7-11)4-6-13(20)21/h3-7,9H,8H2,1-2H3,(H,20,21)/b6-4+. The summed E-state index contributed by atoms with van der Waals surface area (Å²) in [4.78, 5) is 11.7. The van der Waals surface area contributed by atoms with E-state index < -0.39 is 18.7 Å². The van der Waals surface area contributed by atoms with Gasteiger partial charge in [-0.05, 0) is 37.6 Å². The van der Waals surface area contributed by atoms with Crippen molar-refractivity contribution in [3.05, 3.63) is 34.3 Å². The largest absolute Gasteiger partial charge is 0.478 e. The molecule has 0 atom stereocenters. The molecule has 0 saturated carbocycles. The maximum Gasteiger partial charge on any atom is 0.405 e. The average Bonchev–Trinajstić information content (AvgIpc) is 2.33. The van der Waals surface area contributed by atoms with Gasteiger partial charge in [0.25, 0.3) is 0 Å². The van der Waals surface area contributed by atoms with Crippen molar-refractivity contribution in [1.82, 2.24) is 0 Å². The number of carboxylic acid groups (broad SMARTS) is 1. The molecular formula is C14H15BrF3NO2. The molecule has 0 aromatic heterocycles. The minimum absolute atomic E-state index is 0.320. The van der Waals surface area contributed by atoms with Gasteiger partial charge in [0.15, 0.2) is 0 Å². The van der Waals surface area contributed by atoms with Gasteiger partial charge in [0.1, 0.15) is 6.54 Å². The van der Waals surface area contributed by atoms with E-state index in [1.807, 2.05) is 0 Å². The van der Waals surface area contributed by atoms with Crippen LogP contribution in [-0.2, 0) is 4.79 Å². The van der Waals surface area contributed by atoms with Crippen LogP contribution in [0.1, 0.15) is 19.4 Å². The number of rotatable bonds is 5. The Morgan fingerprint density at radius 1 is 1.43 bits per heavy atom. The van der Waals surface area contributed by atoms with E-state index in [1.54, 1.807) is 26.0 Å². The van der Waals surface area contributed by atoms with Crippen molar-refractivity contribution in [3.63, 3.8) is 0 Å². The zero-order valence-corrected chi connectivity index (χ0v) is 13.1. The van der Waals surface area contributed by atoms with E-state index in [4.69, 9.17) is 5.11 Å². The lowest BCUT2D eigenvalue weighted by Gasteiger charge is -2.30. The van der Waals surface area contributed by atoms with Crippen molar-refractivity contribution >= 4 is 33.7 Å². The molecule has 0 aliphatic rings. The zero-order valence-electron chi connectivity index (χ0n) is 11.5. The monoisotopic (exact) mass is 365 g/mol. The van der Waals surface area contributed by atoms with E-state index in [-0.39, 0.29) is 6.04 Å². The molecule has 1 aromatic rings. The Hall–Kier alpha value is -1.50. The van der Waals surface area contributed by atoms with Gasteiger partial charge in [-0.3, -0.25) is 0 Å². The summed E-state index contributed by atoms with van der Waals surface area (Å²) in [5.41, 5.74) is 0.999. The Labute approximate surface area is 129 Å². The summed E-state index contributed by atoms with van der Waals surface area (Å²) in [7, 11) is 0. The Morgan fingerprint density at radius 2 is 2.05 bits per heavy atom. The summed E-state index contributed by atoms with van der Waals surface area (Å²) in [6.07, 6.45) is -1.95. The second kappa shape index (κ2) is 6.98. The highest BCUT2D eigenvalue weighted by molar-refractivity contribution is 9.10. The molecule has 116 valence electrons. The number of aliphatic carboxylic acids is 1. The molecule has 0 aliphatic carbocycles. The molecule has 1 N–H and O–H groups in total. The fourth-order valence-electron chi connectivity index (χ4n) is 1.76. The van der Waals surface area contributed by atoms with E-state index in [9.17, 15) is 18.0 Å². The molecule has 0 aliphatic heterocycles. The molecule has 1 rings (SSSR count). The fraction of sp³-hybridized carbons (Fsp3) is 0.357. The number of halogens is 4. The molecule has 21 heavy (non-hydrogen) atoms. The van der Waals surface area contributed by atoms with Crippen LogP contribution in [0.5, 0.6) is 0 Å². The second-order valence-electron chi connectivity index (χ2n) is 4.71. The third-order valence-corrected chi connectivity index (χ3v) is 3.38. The van der Waals surface area contributed by atoms with Gasteiger partial charge in [-0.15, -0.1) is 0 Å². The van der Waals surface area contributed by atoms with Crippen molar-refractivity contribution in [2.75, 3.05) is 11.4 Å². The summed E-state index contributed by atoms with van der Waals surface area (Å²) in [5.74, 6) is -1.09. The minimum Gasteiger partial charge on any atom is -0.478 e. The number of benzene rings is 1. The molecule has 0 spiro atoms.